The summed E-state index contributed by atoms with van der Waals surface area (Å²) in [6.07, 6.45) is 0. The third kappa shape index (κ3) is 5.49. The van der Waals surface area contributed by atoms with Crippen molar-refractivity contribution < 1.29 is 14.6 Å². The number of carbonyl (C=O) groups is 1. The van der Waals surface area contributed by atoms with Crippen molar-refractivity contribution in [3.8, 4) is 0 Å². The minimum absolute atomic E-state index is 0.0127. The third-order valence-electron chi connectivity index (χ3n) is 4.18. The number of rotatable bonds is 9. The molecule has 0 atom stereocenters. The van der Waals surface area contributed by atoms with Gasteiger partial charge in [-0.25, -0.2) is 0 Å². The molecule has 0 spiro atoms. The third-order valence-corrected chi connectivity index (χ3v) is 6.63. The van der Waals surface area contributed by atoms with E-state index in [-0.39, 0.29) is 19.1 Å². The van der Waals surface area contributed by atoms with Crippen LogP contribution in [0, 0.1) is 0 Å². The van der Waals surface area contributed by atoms with Crippen LogP contribution in [0.1, 0.15) is 10.4 Å². The van der Waals surface area contributed by atoms with Crippen molar-refractivity contribution in [2.24, 2.45) is 0 Å². The van der Waals surface area contributed by atoms with Crippen molar-refractivity contribution in [3.63, 3.8) is 0 Å². The summed E-state index contributed by atoms with van der Waals surface area (Å²) >= 11 is 0. The van der Waals surface area contributed by atoms with Crippen LogP contribution < -0.4 is 21.2 Å². The zero-order chi connectivity index (χ0) is 19.6. The Morgan fingerprint density at radius 3 is 1.86 bits per heavy atom. The first-order chi connectivity index (χ1) is 13.8. The van der Waals surface area contributed by atoms with Gasteiger partial charge in [-0.15, -0.1) is 0 Å². The monoisotopic (exact) mass is 393 g/mol. The number of amides is 1. The van der Waals surface area contributed by atoms with E-state index in [4.69, 9.17) is 9.84 Å². The smallest absolute Gasteiger partial charge is 0.251 e. The average Bonchev–Trinajstić information content (AvgIpc) is 2.76. The van der Waals surface area contributed by atoms with Gasteiger partial charge in [0.2, 0.25) is 0 Å². The summed E-state index contributed by atoms with van der Waals surface area (Å²) in [7, 11) is -0.671. The van der Waals surface area contributed by atoms with Gasteiger partial charge in [0.05, 0.1) is 19.8 Å². The molecule has 0 heterocycles. The number of aliphatic hydroxyl groups excluding tert-OH is 1. The Balaban J connectivity index is 1.75. The Morgan fingerprint density at radius 2 is 1.32 bits per heavy atom. The quantitative estimate of drug-likeness (QED) is 0.433. The summed E-state index contributed by atoms with van der Waals surface area (Å²) in [5.41, 5.74) is 0.627. The van der Waals surface area contributed by atoms with Gasteiger partial charge in [0, 0.05) is 12.1 Å². The minimum Gasteiger partial charge on any atom is -0.394 e. The molecule has 0 saturated carbocycles. The van der Waals surface area contributed by atoms with Crippen molar-refractivity contribution >= 4 is 29.7 Å². The maximum Gasteiger partial charge on any atom is 0.251 e. The second-order valence-corrected chi connectivity index (χ2v) is 8.37. The second kappa shape index (κ2) is 10.7. The highest BCUT2D eigenvalue weighted by Gasteiger charge is 2.16. The van der Waals surface area contributed by atoms with Gasteiger partial charge in [-0.05, 0) is 36.0 Å². The molecular weight excluding hydrogens is 369 g/mol. The highest BCUT2D eigenvalue weighted by atomic mass is 31.1. The van der Waals surface area contributed by atoms with Crippen LogP contribution in [0.25, 0.3) is 0 Å². The van der Waals surface area contributed by atoms with E-state index >= 15 is 0 Å². The molecule has 0 aromatic heterocycles. The van der Waals surface area contributed by atoms with Crippen LogP contribution in [0.15, 0.2) is 84.9 Å². The number of hydrogen-bond acceptors (Lipinski definition) is 3. The Hall–Kier alpha value is -2.52. The van der Waals surface area contributed by atoms with E-state index in [1.54, 1.807) is 0 Å². The predicted octanol–water partition coefficient (Wildman–Crippen LogP) is 2.18. The summed E-state index contributed by atoms with van der Waals surface area (Å²) in [5, 5.41) is 15.3. The molecule has 0 bridgehead atoms. The summed E-state index contributed by atoms with van der Waals surface area (Å²) in [4.78, 5) is 12.3. The SMILES string of the molecule is O=C(NCCOCCO)c1ccc(P(c2ccccc2)c2ccccc2)cc1. The van der Waals surface area contributed by atoms with Gasteiger partial charge in [0.15, 0.2) is 0 Å². The number of ether oxygens (including phenoxy) is 1. The van der Waals surface area contributed by atoms with Gasteiger partial charge in [0.1, 0.15) is 0 Å². The normalized spacial score (nSPS) is 10.8. The maximum absolute atomic E-state index is 12.3. The molecule has 144 valence electrons. The number of carbonyl (C=O) groups excluding carboxylic acids is 1. The Labute approximate surface area is 166 Å². The molecule has 0 saturated heterocycles. The predicted molar refractivity (Wildman–Crippen MR) is 115 cm³/mol. The molecule has 3 aromatic rings. The van der Waals surface area contributed by atoms with Gasteiger partial charge < -0.3 is 15.2 Å². The van der Waals surface area contributed by atoms with Crippen LogP contribution in [0.5, 0.6) is 0 Å². The van der Waals surface area contributed by atoms with Gasteiger partial charge in [0.25, 0.3) is 5.91 Å². The zero-order valence-electron chi connectivity index (χ0n) is 15.6. The lowest BCUT2D eigenvalue weighted by Gasteiger charge is -2.19. The first kappa shape index (κ1) is 20.2. The van der Waals surface area contributed by atoms with Gasteiger partial charge in [-0.3, -0.25) is 4.79 Å². The van der Waals surface area contributed by atoms with Crippen molar-refractivity contribution in [2.75, 3.05) is 26.4 Å². The van der Waals surface area contributed by atoms with E-state index in [1.807, 2.05) is 36.4 Å². The molecule has 0 aliphatic carbocycles. The molecule has 0 aliphatic rings. The topological polar surface area (TPSA) is 58.6 Å². The van der Waals surface area contributed by atoms with Crippen LogP contribution >= 0.6 is 7.92 Å². The maximum atomic E-state index is 12.3. The molecule has 0 fully saturated rings. The summed E-state index contributed by atoms with van der Waals surface area (Å²) < 4.78 is 5.16. The largest absolute Gasteiger partial charge is 0.394 e. The lowest BCUT2D eigenvalue weighted by Crippen LogP contribution is -2.28. The van der Waals surface area contributed by atoms with E-state index in [9.17, 15) is 4.79 Å². The fourth-order valence-corrected chi connectivity index (χ4v) is 5.15. The van der Waals surface area contributed by atoms with E-state index < -0.39 is 7.92 Å². The number of benzene rings is 3. The summed E-state index contributed by atoms with van der Waals surface area (Å²) in [5.74, 6) is -0.122. The lowest BCUT2D eigenvalue weighted by molar-refractivity contribution is 0.0838. The average molecular weight is 393 g/mol. The minimum atomic E-state index is -0.671. The number of aliphatic hydroxyl groups is 1. The number of nitrogens with one attached hydrogen (secondary N) is 1. The number of hydrogen-bond donors (Lipinski definition) is 2. The molecule has 4 nitrogen and oxygen atoms in total. The first-order valence-corrected chi connectivity index (χ1v) is 10.6. The first-order valence-electron chi connectivity index (χ1n) is 9.26. The van der Waals surface area contributed by atoms with Crippen LogP contribution in [0.3, 0.4) is 0 Å². The van der Waals surface area contributed by atoms with Crippen molar-refractivity contribution in [1.29, 1.82) is 0 Å². The van der Waals surface area contributed by atoms with E-state index in [0.29, 0.717) is 18.7 Å². The Bertz CT molecular complexity index is 815. The van der Waals surface area contributed by atoms with Crippen LogP contribution in [-0.2, 0) is 4.74 Å². The van der Waals surface area contributed by atoms with E-state index in [0.717, 1.165) is 0 Å². The van der Waals surface area contributed by atoms with Crippen molar-refractivity contribution in [1.82, 2.24) is 5.32 Å². The zero-order valence-corrected chi connectivity index (χ0v) is 16.5. The van der Waals surface area contributed by atoms with Gasteiger partial charge in [-0.2, -0.15) is 0 Å². The molecular formula is C23H24NO3P. The van der Waals surface area contributed by atoms with Crippen LogP contribution in [-0.4, -0.2) is 37.4 Å². The fraction of sp³-hybridized carbons (Fsp3) is 0.174. The molecule has 3 aromatic carbocycles. The van der Waals surface area contributed by atoms with Crippen molar-refractivity contribution in [2.45, 2.75) is 0 Å². The highest BCUT2D eigenvalue weighted by molar-refractivity contribution is 7.79. The fourth-order valence-electron chi connectivity index (χ4n) is 2.87. The van der Waals surface area contributed by atoms with Crippen LogP contribution in [0.4, 0.5) is 0 Å². The van der Waals surface area contributed by atoms with Crippen molar-refractivity contribution in [3.05, 3.63) is 90.5 Å². The lowest BCUT2D eigenvalue weighted by atomic mass is 10.2. The highest BCUT2D eigenvalue weighted by Crippen LogP contribution is 2.32. The van der Waals surface area contributed by atoms with E-state index in [1.165, 1.54) is 15.9 Å². The second-order valence-electron chi connectivity index (χ2n) is 6.15. The Morgan fingerprint density at radius 1 is 0.786 bits per heavy atom. The molecule has 28 heavy (non-hydrogen) atoms. The standard InChI is InChI=1S/C23H24NO3P/c25-16-18-27-17-15-24-23(26)19-11-13-22(14-12-19)28(20-7-3-1-4-8-20)21-9-5-2-6-10-21/h1-14,25H,15-18H2,(H,24,26). The van der Waals surface area contributed by atoms with E-state index in [2.05, 4.69) is 53.8 Å². The molecule has 1 amide bonds. The van der Waals surface area contributed by atoms with Crippen LogP contribution in [0.2, 0.25) is 0 Å². The van der Waals surface area contributed by atoms with Gasteiger partial charge in [-0.1, -0.05) is 72.8 Å². The molecule has 2 N–H and O–H groups in total. The van der Waals surface area contributed by atoms with Gasteiger partial charge >= 0.3 is 0 Å². The summed E-state index contributed by atoms with van der Waals surface area (Å²) in [6.45, 7) is 1.08. The summed E-state index contributed by atoms with van der Waals surface area (Å²) in [6, 6.07) is 28.8. The Kier molecular flexibility index (Phi) is 7.74. The molecule has 0 unspecified atom stereocenters. The molecule has 5 heteroatoms. The molecule has 0 aliphatic heterocycles. The molecule has 0 radical (unpaired) electrons. The molecule has 3 rings (SSSR count).